The summed E-state index contributed by atoms with van der Waals surface area (Å²) in [5, 5.41) is 9.79. The summed E-state index contributed by atoms with van der Waals surface area (Å²) in [5.74, 6) is 1.74. The standard InChI is InChI=1S/C17H18Cl2N6/c1-11-21-22-17-16(20-6-7-25(11)17)24-8-12(9-24)23(2)10-13-14(18)4-3-5-15(13)19/h3-7,12H,8-10H2,1-2H3. The second-order valence-corrected chi connectivity index (χ2v) is 7.18. The van der Waals surface area contributed by atoms with Gasteiger partial charge in [-0.1, -0.05) is 29.3 Å². The lowest BCUT2D eigenvalue weighted by atomic mass is 10.1. The van der Waals surface area contributed by atoms with Gasteiger partial charge in [0.25, 0.3) is 0 Å². The van der Waals surface area contributed by atoms with E-state index in [1.807, 2.05) is 35.7 Å². The van der Waals surface area contributed by atoms with Gasteiger partial charge >= 0.3 is 0 Å². The van der Waals surface area contributed by atoms with Crippen molar-refractivity contribution < 1.29 is 0 Å². The van der Waals surface area contributed by atoms with E-state index >= 15 is 0 Å². The van der Waals surface area contributed by atoms with Gasteiger partial charge in [-0.15, -0.1) is 10.2 Å². The van der Waals surface area contributed by atoms with E-state index in [4.69, 9.17) is 23.2 Å². The number of hydrogen-bond acceptors (Lipinski definition) is 5. The van der Waals surface area contributed by atoms with Gasteiger partial charge in [0.15, 0.2) is 5.82 Å². The Hall–Kier alpha value is -1.89. The third-order valence-electron chi connectivity index (χ3n) is 4.73. The molecule has 6 nitrogen and oxygen atoms in total. The maximum Gasteiger partial charge on any atom is 0.203 e. The van der Waals surface area contributed by atoms with E-state index in [1.54, 1.807) is 6.20 Å². The molecule has 0 unspecified atom stereocenters. The zero-order valence-corrected chi connectivity index (χ0v) is 15.5. The number of halogens is 2. The van der Waals surface area contributed by atoms with Crippen molar-refractivity contribution in [2.45, 2.75) is 19.5 Å². The predicted molar refractivity (Wildman–Crippen MR) is 99.4 cm³/mol. The van der Waals surface area contributed by atoms with Crippen LogP contribution in [0.25, 0.3) is 5.65 Å². The first-order valence-corrected chi connectivity index (χ1v) is 8.84. The molecule has 1 aromatic carbocycles. The maximum absolute atomic E-state index is 6.28. The van der Waals surface area contributed by atoms with E-state index in [-0.39, 0.29) is 0 Å². The molecule has 0 amide bonds. The van der Waals surface area contributed by atoms with Gasteiger partial charge < -0.3 is 4.90 Å². The largest absolute Gasteiger partial charge is 0.350 e. The molecule has 25 heavy (non-hydrogen) atoms. The number of rotatable bonds is 4. The third-order valence-corrected chi connectivity index (χ3v) is 5.44. The second kappa shape index (κ2) is 6.44. The van der Waals surface area contributed by atoms with Crippen LogP contribution in [0.2, 0.25) is 10.0 Å². The van der Waals surface area contributed by atoms with E-state index in [2.05, 4.69) is 32.0 Å². The molecule has 130 valence electrons. The van der Waals surface area contributed by atoms with Crippen molar-refractivity contribution in [2.75, 3.05) is 25.0 Å². The lowest BCUT2D eigenvalue weighted by Gasteiger charge is -2.44. The molecule has 1 saturated heterocycles. The Morgan fingerprint density at radius 1 is 1.20 bits per heavy atom. The quantitative estimate of drug-likeness (QED) is 0.700. The highest BCUT2D eigenvalue weighted by Gasteiger charge is 2.33. The Kier molecular flexibility index (Phi) is 4.27. The summed E-state index contributed by atoms with van der Waals surface area (Å²) in [6.45, 7) is 4.43. The molecule has 0 bridgehead atoms. The van der Waals surface area contributed by atoms with Gasteiger partial charge in [-0.3, -0.25) is 9.30 Å². The summed E-state index contributed by atoms with van der Waals surface area (Å²) >= 11 is 12.6. The van der Waals surface area contributed by atoms with Gasteiger partial charge in [-0.05, 0) is 26.1 Å². The number of aryl methyl sites for hydroxylation is 1. The first-order chi connectivity index (χ1) is 12.0. The molecule has 4 rings (SSSR count). The SMILES string of the molecule is Cc1nnc2c(N3CC(N(C)Cc4c(Cl)cccc4Cl)C3)nccn12. The highest BCUT2D eigenvalue weighted by molar-refractivity contribution is 6.35. The van der Waals surface area contributed by atoms with Crippen LogP contribution in [0.1, 0.15) is 11.4 Å². The number of likely N-dealkylation sites (N-methyl/N-ethyl adjacent to an activating group) is 1. The Morgan fingerprint density at radius 2 is 1.92 bits per heavy atom. The fourth-order valence-electron chi connectivity index (χ4n) is 3.12. The van der Waals surface area contributed by atoms with E-state index in [0.717, 1.165) is 42.5 Å². The third kappa shape index (κ3) is 2.94. The summed E-state index contributed by atoms with van der Waals surface area (Å²) in [6.07, 6.45) is 3.68. The molecule has 0 aliphatic carbocycles. The smallest absolute Gasteiger partial charge is 0.203 e. The minimum absolute atomic E-state index is 0.415. The zero-order valence-electron chi connectivity index (χ0n) is 14.0. The van der Waals surface area contributed by atoms with Gasteiger partial charge in [0.2, 0.25) is 5.65 Å². The topological polar surface area (TPSA) is 49.6 Å². The van der Waals surface area contributed by atoms with E-state index < -0.39 is 0 Å². The van der Waals surface area contributed by atoms with Crippen LogP contribution in [0.5, 0.6) is 0 Å². The number of aromatic nitrogens is 4. The van der Waals surface area contributed by atoms with Crippen LogP contribution in [0.3, 0.4) is 0 Å². The molecule has 8 heteroatoms. The minimum atomic E-state index is 0.415. The summed E-state index contributed by atoms with van der Waals surface area (Å²) in [4.78, 5) is 8.99. The fraction of sp³-hybridized carbons (Fsp3) is 0.353. The van der Waals surface area contributed by atoms with E-state index in [1.165, 1.54) is 0 Å². The highest BCUT2D eigenvalue weighted by Crippen LogP contribution is 2.29. The molecule has 0 radical (unpaired) electrons. The van der Waals surface area contributed by atoms with Crippen LogP contribution in [-0.4, -0.2) is 50.7 Å². The molecule has 0 N–H and O–H groups in total. The maximum atomic E-state index is 6.28. The lowest BCUT2D eigenvalue weighted by Crippen LogP contribution is -2.58. The number of nitrogens with zero attached hydrogens (tertiary/aromatic N) is 6. The van der Waals surface area contributed by atoms with Crippen molar-refractivity contribution in [1.29, 1.82) is 0 Å². The van der Waals surface area contributed by atoms with Gasteiger partial charge in [-0.25, -0.2) is 4.98 Å². The lowest BCUT2D eigenvalue weighted by molar-refractivity contribution is 0.197. The van der Waals surface area contributed by atoms with Crippen molar-refractivity contribution >= 4 is 34.7 Å². The fourth-order valence-corrected chi connectivity index (χ4v) is 3.64. The molecule has 1 aliphatic rings. The van der Waals surface area contributed by atoms with Gasteiger partial charge in [0, 0.05) is 53.7 Å². The number of anilines is 1. The molecule has 0 atom stereocenters. The van der Waals surface area contributed by atoms with Gasteiger partial charge in [0.05, 0.1) is 0 Å². The van der Waals surface area contributed by atoms with Crippen molar-refractivity contribution in [3.8, 4) is 0 Å². The van der Waals surface area contributed by atoms with Crippen molar-refractivity contribution in [1.82, 2.24) is 24.5 Å². The van der Waals surface area contributed by atoms with Crippen LogP contribution >= 0.6 is 23.2 Å². The average molecular weight is 377 g/mol. The molecule has 3 aromatic rings. The van der Waals surface area contributed by atoms with Crippen molar-refractivity contribution in [3.05, 3.63) is 52.0 Å². The average Bonchev–Trinajstić information content (AvgIpc) is 2.92. The van der Waals surface area contributed by atoms with Crippen LogP contribution in [0.4, 0.5) is 5.82 Å². The predicted octanol–water partition coefficient (Wildman–Crippen LogP) is 3.06. The zero-order chi connectivity index (χ0) is 17.6. The monoisotopic (exact) mass is 376 g/mol. The van der Waals surface area contributed by atoms with Crippen LogP contribution in [-0.2, 0) is 6.54 Å². The van der Waals surface area contributed by atoms with Crippen molar-refractivity contribution in [3.63, 3.8) is 0 Å². The molecule has 0 spiro atoms. The summed E-state index contributed by atoms with van der Waals surface area (Å²) in [6, 6.07) is 6.04. The Balaban J connectivity index is 1.46. The number of hydrogen-bond donors (Lipinski definition) is 0. The molecule has 2 aromatic heterocycles. The first-order valence-electron chi connectivity index (χ1n) is 8.09. The van der Waals surface area contributed by atoms with Gasteiger partial charge in [-0.2, -0.15) is 0 Å². The van der Waals surface area contributed by atoms with Crippen LogP contribution in [0, 0.1) is 6.92 Å². The number of fused-ring (bicyclic) bond motifs is 1. The van der Waals surface area contributed by atoms with E-state index in [9.17, 15) is 0 Å². The van der Waals surface area contributed by atoms with Crippen LogP contribution < -0.4 is 4.90 Å². The Bertz CT molecular complexity index is 898. The number of benzene rings is 1. The summed E-state index contributed by atoms with van der Waals surface area (Å²) in [7, 11) is 2.09. The van der Waals surface area contributed by atoms with Gasteiger partial charge in [0.1, 0.15) is 5.82 Å². The second-order valence-electron chi connectivity index (χ2n) is 6.37. The Morgan fingerprint density at radius 3 is 2.64 bits per heavy atom. The molecular weight excluding hydrogens is 359 g/mol. The van der Waals surface area contributed by atoms with E-state index in [0.29, 0.717) is 16.1 Å². The summed E-state index contributed by atoms with van der Waals surface area (Å²) in [5.41, 5.74) is 1.77. The summed E-state index contributed by atoms with van der Waals surface area (Å²) < 4.78 is 1.96. The molecule has 3 heterocycles. The molecular formula is C17H18Cl2N6. The first kappa shape index (κ1) is 16.6. The van der Waals surface area contributed by atoms with Crippen molar-refractivity contribution in [2.24, 2.45) is 0 Å². The normalized spacial score (nSPS) is 15.2. The highest BCUT2D eigenvalue weighted by atomic mass is 35.5. The Labute approximate surface area is 156 Å². The molecule has 1 fully saturated rings. The molecule has 0 saturated carbocycles. The van der Waals surface area contributed by atoms with Crippen LogP contribution in [0.15, 0.2) is 30.6 Å². The molecule has 1 aliphatic heterocycles. The minimum Gasteiger partial charge on any atom is -0.350 e.